The molecule has 0 saturated carbocycles. The maximum atomic E-state index is 5.59. The first-order valence-corrected chi connectivity index (χ1v) is 5.57. The lowest BCUT2D eigenvalue weighted by Gasteiger charge is -2.05. The van der Waals surface area contributed by atoms with Crippen molar-refractivity contribution in [1.82, 2.24) is 9.97 Å². The van der Waals surface area contributed by atoms with Crippen LogP contribution in [0.4, 0.5) is 5.95 Å². The number of hydrogen-bond donors (Lipinski definition) is 2. The van der Waals surface area contributed by atoms with Gasteiger partial charge in [0.25, 0.3) is 0 Å². The molecule has 16 heavy (non-hydrogen) atoms. The minimum Gasteiger partial charge on any atom is -0.496 e. The van der Waals surface area contributed by atoms with Gasteiger partial charge in [-0.25, -0.2) is 4.98 Å². The summed E-state index contributed by atoms with van der Waals surface area (Å²) in [5, 5.41) is 0. The Morgan fingerprint density at radius 3 is 2.69 bits per heavy atom. The number of ether oxygens (including phenoxy) is 1. The van der Waals surface area contributed by atoms with Crippen LogP contribution in [0, 0.1) is 6.92 Å². The molecule has 0 bridgehead atoms. The molecule has 1 aromatic carbocycles. The second kappa shape index (κ2) is 4.17. The van der Waals surface area contributed by atoms with Crippen molar-refractivity contribution in [3.8, 4) is 17.0 Å². The molecule has 0 saturated heterocycles. The highest BCUT2D eigenvalue weighted by Gasteiger charge is 2.09. The molecule has 1 heterocycles. The zero-order valence-corrected chi connectivity index (χ0v) is 10.6. The molecule has 2 rings (SSSR count). The molecule has 2 aromatic rings. The summed E-state index contributed by atoms with van der Waals surface area (Å²) in [6, 6.07) is 5.88. The minimum absolute atomic E-state index is 0.398. The summed E-state index contributed by atoms with van der Waals surface area (Å²) in [4.78, 5) is 7.12. The monoisotopic (exact) mass is 281 g/mol. The Morgan fingerprint density at radius 1 is 1.44 bits per heavy atom. The Hall–Kier alpha value is -1.49. The first-order chi connectivity index (χ1) is 7.61. The van der Waals surface area contributed by atoms with Gasteiger partial charge in [-0.05, 0) is 46.6 Å². The summed E-state index contributed by atoms with van der Waals surface area (Å²) >= 11 is 3.38. The zero-order chi connectivity index (χ0) is 11.7. The second-order valence-corrected chi connectivity index (χ2v) is 4.26. The minimum atomic E-state index is 0.398. The van der Waals surface area contributed by atoms with E-state index in [9.17, 15) is 0 Å². The fraction of sp³-hybridized carbons (Fsp3) is 0.182. The van der Waals surface area contributed by atoms with Crippen LogP contribution < -0.4 is 10.5 Å². The van der Waals surface area contributed by atoms with Gasteiger partial charge in [0.05, 0.1) is 7.11 Å². The fourth-order valence-electron chi connectivity index (χ4n) is 1.59. The lowest BCUT2D eigenvalue weighted by atomic mass is 10.1. The van der Waals surface area contributed by atoms with E-state index in [-0.39, 0.29) is 0 Å². The highest BCUT2D eigenvalue weighted by Crippen LogP contribution is 2.30. The maximum Gasteiger partial charge on any atom is 0.198 e. The molecule has 0 spiro atoms. The van der Waals surface area contributed by atoms with E-state index < -0.39 is 0 Å². The molecule has 0 atom stereocenters. The van der Waals surface area contributed by atoms with E-state index in [2.05, 4.69) is 25.9 Å². The van der Waals surface area contributed by atoms with Gasteiger partial charge < -0.3 is 15.5 Å². The molecule has 0 fully saturated rings. The Bertz CT molecular complexity index is 522. The predicted octanol–water partition coefficient (Wildman–Crippen LogP) is 2.74. The number of rotatable bonds is 2. The molecule has 0 unspecified atom stereocenters. The number of nitrogen functional groups attached to an aromatic ring is 1. The van der Waals surface area contributed by atoms with E-state index >= 15 is 0 Å². The quantitative estimate of drug-likeness (QED) is 0.890. The van der Waals surface area contributed by atoms with Gasteiger partial charge in [-0.2, -0.15) is 0 Å². The fourth-order valence-corrected chi connectivity index (χ4v) is 2.11. The number of hydrogen-bond acceptors (Lipinski definition) is 3. The van der Waals surface area contributed by atoms with Crippen molar-refractivity contribution < 1.29 is 4.74 Å². The summed E-state index contributed by atoms with van der Waals surface area (Å²) in [5.41, 5.74) is 8.46. The third-order valence-electron chi connectivity index (χ3n) is 2.35. The number of nitrogens with two attached hydrogens (primary N) is 1. The second-order valence-electron chi connectivity index (χ2n) is 3.47. The number of anilines is 1. The lowest BCUT2D eigenvalue weighted by Crippen LogP contribution is -1.88. The highest BCUT2D eigenvalue weighted by molar-refractivity contribution is 9.10. The maximum absolute atomic E-state index is 5.59. The van der Waals surface area contributed by atoms with E-state index in [0.717, 1.165) is 27.2 Å². The number of aromatic nitrogens is 2. The van der Waals surface area contributed by atoms with Crippen LogP contribution >= 0.6 is 15.9 Å². The van der Waals surface area contributed by atoms with Crippen molar-refractivity contribution in [3.63, 3.8) is 0 Å². The molecular formula is C11H12BrN3O. The van der Waals surface area contributed by atoms with Crippen molar-refractivity contribution in [3.05, 3.63) is 28.4 Å². The molecule has 0 radical (unpaired) electrons. The summed E-state index contributed by atoms with van der Waals surface area (Å²) < 4.78 is 5.99. The molecule has 0 aliphatic heterocycles. The third-order valence-corrected chi connectivity index (χ3v) is 2.92. The van der Waals surface area contributed by atoms with Crippen LogP contribution in [0.15, 0.2) is 22.8 Å². The molecular weight excluding hydrogens is 270 g/mol. The van der Waals surface area contributed by atoms with Crippen LogP contribution in [0.5, 0.6) is 5.75 Å². The smallest absolute Gasteiger partial charge is 0.198 e. The largest absolute Gasteiger partial charge is 0.496 e. The van der Waals surface area contributed by atoms with Crippen LogP contribution in [0.3, 0.4) is 0 Å². The SMILES string of the molecule is COc1ccc(-c2nc(N)[nH]c2Br)cc1C. The molecule has 1 aromatic heterocycles. The van der Waals surface area contributed by atoms with Crippen molar-refractivity contribution >= 4 is 21.9 Å². The van der Waals surface area contributed by atoms with E-state index in [1.807, 2.05) is 25.1 Å². The van der Waals surface area contributed by atoms with Crippen molar-refractivity contribution in [1.29, 1.82) is 0 Å². The molecule has 0 aliphatic rings. The highest BCUT2D eigenvalue weighted by atomic mass is 79.9. The van der Waals surface area contributed by atoms with Gasteiger partial charge in [-0.3, -0.25) is 0 Å². The van der Waals surface area contributed by atoms with E-state index in [4.69, 9.17) is 10.5 Å². The van der Waals surface area contributed by atoms with Crippen LogP contribution in [-0.4, -0.2) is 17.1 Å². The molecule has 84 valence electrons. The predicted molar refractivity (Wildman–Crippen MR) is 67.4 cm³/mol. The molecule has 0 amide bonds. The van der Waals surface area contributed by atoms with E-state index in [1.165, 1.54) is 0 Å². The Morgan fingerprint density at radius 2 is 2.19 bits per heavy atom. The van der Waals surface area contributed by atoms with Crippen molar-refractivity contribution in [2.24, 2.45) is 0 Å². The van der Waals surface area contributed by atoms with Gasteiger partial charge in [0.15, 0.2) is 5.95 Å². The standard InChI is InChI=1S/C11H12BrN3O/c1-6-5-7(3-4-8(6)16-2)9-10(12)15-11(13)14-9/h3-5H,1-2H3,(H3,13,14,15). The van der Waals surface area contributed by atoms with Crippen LogP contribution in [-0.2, 0) is 0 Å². The molecule has 3 N–H and O–H groups in total. The van der Waals surface area contributed by atoms with Gasteiger partial charge in [-0.15, -0.1) is 0 Å². The Labute approximate surface area is 102 Å². The van der Waals surface area contributed by atoms with Gasteiger partial charge >= 0.3 is 0 Å². The first kappa shape index (κ1) is 11.0. The summed E-state index contributed by atoms with van der Waals surface area (Å²) in [6.45, 7) is 1.99. The van der Waals surface area contributed by atoms with E-state index in [0.29, 0.717) is 5.95 Å². The summed E-state index contributed by atoms with van der Waals surface area (Å²) in [5.74, 6) is 1.26. The van der Waals surface area contributed by atoms with Gasteiger partial charge in [0.2, 0.25) is 0 Å². The van der Waals surface area contributed by atoms with Crippen molar-refractivity contribution in [2.45, 2.75) is 6.92 Å². The summed E-state index contributed by atoms with van der Waals surface area (Å²) in [7, 11) is 1.66. The number of aromatic amines is 1. The molecule has 4 nitrogen and oxygen atoms in total. The van der Waals surface area contributed by atoms with Crippen LogP contribution in [0.1, 0.15) is 5.56 Å². The number of methoxy groups -OCH3 is 1. The van der Waals surface area contributed by atoms with E-state index in [1.54, 1.807) is 7.11 Å². The topological polar surface area (TPSA) is 63.9 Å². The van der Waals surface area contributed by atoms with Crippen molar-refractivity contribution in [2.75, 3.05) is 12.8 Å². The van der Waals surface area contributed by atoms with Gasteiger partial charge in [0.1, 0.15) is 16.0 Å². The number of aryl methyl sites for hydroxylation is 1. The van der Waals surface area contributed by atoms with Gasteiger partial charge in [-0.1, -0.05) is 0 Å². The number of benzene rings is 1. The Kier molecular flexibility index (Phi) is 2.87. The number of H-pyrrole nitrogens is 1. The molecule has 0 aliphatic carbocycles. The normalized spacial score (nSPS) is 10.4. The number of imidazole rings is 1. The number of nitrogens with zero attached hydrogens (tertiary/aromatic N) is 1. The number of halogens is 1. The third kappa shape index (κ3) is 1.90. The zero-order valence-electron chi connectivity index (χ0n) is 9.04. The Balaban J connectivity index is 2.49. The average Bonchev–Trinajstić information content (AvgIpc) is 2.58. The number of nitrogens with one attached hydrogen (secondary N) is 1. The average molecular weight is 282 g/mol. The molecule has 5 heteroatoms. The summed E-state index contributed by atoms with van der Waals surface area (Å²) in [6.07, 6.45) is 0. The lowest BCUT2D eigenvalue weighted by molar-refractivity contribution is 0.412. The van der Waals surface area contributed by atoms with Crippen LogP contribution in [0.2, 0.25) is 0 Å². The first-order valence-electron chi connectivity index (χ1n) is 4.78. The van der Waals surface area contributed by atoms with Crippen LogP contribution in [0.25, 0.3) is 11.3 Å². The van der Waals surface area contributed by atoms with Gasteiger partial charge in [0, 0.05) is 5.56 Å².